The molecule has 4 nitrogen and oxygen atoms in total. The van der Waals surface area contributed by atoms with Gasteiger partial charge in [0.05, 0.1) is 23.7 Å². The molecule has 0 aromatic heterocycles. The summed E-state index contributed by atoms with van der Waals surface area (Å²) in [6.07, 6.45) is 4.54. The molecular formula is C32H46N4. The van der Waals surface area contributed by atoms with Gasteiger partial charge in [0.25, 0.3) is 0 Å². The molecule has 2 aromatic carbocycles. The fraction of sp³-hybridized carbons (Fsp3) is 0.500. The molecule has 4 heteroatoms. The second-order valence-corrected chi connectivity index (χ2v) is 12.9. The van der Waals surface area contributed by atoms with Gasteiger partial charge in [0.1, 0.15) is 5.82 Å². The first-order valence-corrected chi connectivity index (χ1v) is 13.3. The number of hydrogen-bond donors (Lipinski definition) is 0. The zero-order valence-corrected chi connectivity index (χ0v) is 24.7. The molecule has 0 atom stereocenters. The summed E-state index contributed by atoms with van der Waals surface area (Å²) >= 11 is 0. The van der Waals surface area contributed by atoms with E-state index in [1.807, 2.05) is 0 Å². The van der Waals surface area contributed by atoms with Gasteiger partial charge in [-0.15, -0.1) is 0 Å². The van der Waals surface area contributed by atoms with E-state index in [2.05, 4.69) is 139 Å². The Bertz CT molecular complexity index is 1120. The van der Waals surface area contributed by atoms with Crippen LogP contribution in [0.2, 0.25) is 0 Å². The summed E-state index contributed by atoms with van der Waals surface area (Å²) in [6, 6.07) is 9.23. The fourth-order valence-corrected chi connectivity index (χ4v) is 5.96. The third-order valence-electron chi connectivity index (χ3n) is 7.57. The van der Waals surface area contributed by atoms with Crippen molar-refractivity contribution in [1.29, 1.82) is 0 Å². The molecule has 0 amide bonds. The fourth-order valence-electron chi connectivity index (χ4n) is 5.96. The Labute approximate surface area is 219 Å². The Morgan fingerprint density at radius 2 is 0.972 bits per heavy atom. The Morgan fingerprint density at radius 1 is 0.583 bits per heavy atom. The Balaban J connectivity index is 2.01. The van der Waals surface area contributed by atoms with Crippen molar-refractivity contribution in [3.8, 4) is 0 Å². The monoisotopic (exact) mass is 486 g/mol. The molecule has 2 aliphatic rings. The highest BCUT2D eigenvalue weighted by Crippen LogP contribution is 2.43. The summed E-state index contributed by atoms with van der Waals surface area (Å²) in [7, 11) is 0. The third-order valence-corrected chi connectivity index (χ3v) is 7.57. The van der Waals surface area contributed by atoms with E-state index in [1.54, 1.807) is 0 Å². The van der Waals surface area contributed by atoms with Gasteiger partial charge < -0.3 is 4.90 Å². The highest BCUT2D eigenvalue weighted by Gasteiger charge is 2.42. The van der Waals surface area contributed by atoms with E-state index in [0.717, 1.165) is 13.2 Å². The molecular weight excluding hydrogens is 440 g/mol. The molecule has 36 heavy (non-hydrogen) atoms. The maximum Gasteiger partial charge on any atom is 0.143 e. The van der Waals surface area contributed by atoms with Crippen LogP contribution in [0.3, 0.4) is 0 Å². The van der Waals surface area contributed by atoms with Crippen LogP contribution < -0.4 is 9.80 Å². The van der Waals surface area contributed by atoms with E-state index >= 15 is 0 Å². The van der Waals surface area contributed by atoms with Gasteiger partial charge in [-0.25, -0.2) is 0 Å². The first-order chi connectivity index (χ1) is 16.6. The van der Waals surface area contributed by atoms with Crippen LogP contribution in [0, 0.1) is 41.5 Å². The average molecular weight is 487 g/mol. The second-order valence-electron chi connectivity index (χ2n) is 12.9. The number of nitrogens with zero attached hydrogens (tertiary/aromatic N) is 4. The summed E-state index contributed by atoms with van der Waals surface area (Å²) in [4.78, 5) is 10.1. The van der Waals surface area contributed by atoms with Crippen molar-refractivity contribution >= 4 is 11.4 Å². The van der Waals surface area contributed by atoms with Crippen molar-refractivity contribution in [3.05, 3.63) is 81.6 Å². The van der Waals surface area contributed by atoms with Gasteiger partial charge in [-0.2, -0.15) is 0 Å². The molecule has 2 aliphatic heterocycles. The lowest BCUT2D eigenvalue weighted by atomic mass is 10.0. The Hall–Kier alpha value is -2.72. The van der Waals surface area contributed by atoms with Gasteiger partial charge in [0.15, 0.2) is 0 Å². The van der Waals surface area contributed by atoms with E-state index in [0.29, 0.717) is 0 Å². The lowest BCUT2D eigenvalue weighted by molar-refractivity contribution is 0.102. The average Bonchev–Trinajstić information content (AvgIpc) is 3.31. The molecule has 1 fully saturated rings. The maximum absolute atomic E-state index is 2.61. The van der Waals surface area contributed by atoms with Crippen molar-refractivity contribution < 1.29 is 0 Å². The van der Waals surface area contributed by atoms with Gasteiger partial charge >= 0.3 is 0 Å². The largest absolute Gasteiger partial charge is 0.353 e. The maximum atomic E-state index is 2.61. The number of anilines is 2. The molecule has 0 spiro atoms. The molecule has 194 valence electrons. The molecule has 1 saturated heterocycles. The van der Waals surface area contributed by atoms with Crippen molar-refractivity contribution in [3.63, 3.8) is 0 Å². The van der Waals surface area contributed by atoms with E-state index in [9.17, 15) is 0 Å². The smallest absolute Gasteiger partial charge is 0.143 e. The van der Waals surface area contributed by atoms with Gasteiger partial charge in [0, 0.05) is 30.0 Å². The minimum absolute atomic E-state index is 0.00298. The molecule has 2 aromatic rings. The first-order valence-electron chi connectivity index (χ1n) is 13.3. The molecule has 0 radical (unpaired) electrons. The summed E-state index contributed by atoms with van der Waals surface area (Å²) in [5.41, 5.74) is 11.9. The minimum Gasteiger partial charge on any atom is -0.353 e. The van der Waals surface area contributed by atoms with Gasteiger partial charge in [-0.1, -0.05) is 35.4 Å². The van der Waals surface area contributed by atoms with Crippen molar-refractivity contribution in [1.82, 2.24) is 9.80 Å². The zero-order chi connectivity index (χ0) is 26.7. The predicted molar refractivity (Wildman–Crippen MR) is 155 cm³/mol. The molecule has 0 bridgehead atoms. The molecule has 0 saturated carbocycles. The quantitative estimate of drug-likeness (QED) is 0.431. The van der Waals surface area contributed by atoms with Gasteiger partial charge in [-0.05, 0) is 105 Å². The van der Waals surface area contributed by atoms with Crippen LogP contribution in [-0.2, 0) is 0 Å². The lowest BCUT2D eigenvalue weighted by Gasteiger charge is -2.39. The van der Waals surface area contributed by atoms with Gasteiger partial charge in [-0.3, -0.25) is 14.7 Å². The molecule has 0 N–H and O–H groups in total. The van der Waals surface area contributed by atoms with Crippen molar-refractivity contribution in [2.75, 3.05) is 23.0 Å². The summed E-state index contributed by atoms with van der Waals surface area (Å²) in [5, 5.41) is 0. The third kappa shape index (κ3) is 4.68. The normalized spacial score (nSPS) is 17.3. The zero-order valence-electron chi connectivity index (χ0n) is 24.7. The number of rotatable bonds is 2. The summed E-state index contributed by atoms with van der Waals surface area (Å²) in [5.74, 6) is 1.25. The first kappa shape index (κ1) is 26.3. The van der Waals surface area contributed by atoms with Crippen LogP contribution in [0.4, 0.5) is 11.4 Å². The lowest BCUT2D eigenvalue weighted by Crippen LogP contribution is -2.45. The van der Waals surface area contributed by atoms with Crippen LogP contribution >= 0.6 is 0 Å². The Kier molecular flexibility index (Phi) is 6.58. The van der Waals surface area contributed by atoms with E-state index in [-0.39, 0.29) is 11.1 Å². The van der Waals surface area contributed by atoms with Crippen LogP contribution in [0.15, 0.2) is 48.2 Å². The number of aryl methyl sites for hydroxylation is 6. The van der Waals surface area contributed by atoms with Crippen LogP contribution in [0.25, 0.3) is 0 Å². The topological polar surface area (TPSA) is 13.0 Å². The molecule has 2 heterocycles. The highest BCUT2D eigenvalue weighted by atomic mass is 15.5. The predicted octanol–water partition coefficient (Wildman–Crippen LogP) is 7.68. The van der Waals surface area contributed by atoms with E-state index < -0.39 is 0 Å². The van der Waals surface area contributed by atoms with Crippen LogP contribution in [0.5, 0.6) is 0 Å². The second kappa shape index (κ2) is 8.99. The van der Waals surface area contributed by atoms with E-state index in [4.69, 9.17) is 0 Å². The van der Waals surface area contributed by atoms with Crippen molar-refractivity contribution in [2.24, 2.45) is 0 Å². The Morgan fingerprint density at radius 3 is 1.31 bits per heavy atom. The molecule has 4 rings (SSSR count). The number of hydrogen-bond acceptors (Lipinski definition) is 4. The van der Waals surface area contributed by atoms with Crippen LogP contribution in [0.1, 0.15) is 74.9 Å². The minimum atomic E-state index is -0.00298. The van der Waals surface area contributed by atoms with Gasteiger partial charge in [0.2, 0.25) is 0 Å². The summed E-state index contributed by atoms with van der Waals surface area (Å²) in [6.45, 7) is 29.2. The molecule has 0 unspecified atom stereocenters. The van der Waals surface area contributed by atoms with Crippen molar-refractivity contribution in [2.45, 2.75) is 94.2 Å². The molecule has 0 aliphatic carbocycles. The SMILES string of the molecule is Cc1cc(C)c(N2C=CN(c3c(C)cc(C)cc3C)C2=C2CN(C(C)(C)C)CN2C(C)(C)C)c(C)c1. The van der Waals surface area contributed by atoms with E-state index in [1.165, 1.54) is 56.3 Å². The highest BCUT2D eigenvalue weighted by molar-refractivity contribution is 5.76. The summed E-state index contributed by atoms with van der Waals surface area (Å²) < 4.78 is 0. The number of benzene rings is 2. The van der Waals surface area contributed by atoms with Crippen LogP contribution in [-0.4, -0.2) is 34.1 Å². The standard InChI is InChI=1S/C32H46N4/c1-21-15-23(3)28(24(4)16-21)34-13-14-35(29-25(5)17-22(2)18-26(29)6)30(34)27-19-33(31(7,8)9)20-36(27)32(10,11)12/h13-18H,19-20H2,1-12H3.